The van der Waals surface area contributed by atoms with Crippen molar-refractivity contribution in [3.8, 4) is 11.4 Å². The normalized spacial score (nSPS) is 11.5. The van der Waals surface area contributed by atoms with Gasteiger partial charge < -0.3 is 0 Å². The van der Waals surface area contributed by atoms with Crippen LogP contribution in [0.5, 0.6) is 0 Å². The monoisotopic (exact) mass is 450 g/mol. The number of nitrogens with zero attached hydrogens (tertiary/aromatic N) is 3. The number of aryl methyl sites for hydroxylation is 2. The summed E-state index contributed by atoms with van der Waals surface area (Å²) in [5, 5.41) is 4.53. The van der Waals surface area contributed by atoms with E-state index in [9.17, 15) is 0 Å². The van der Waals surface area contributed by atoms with Crippen LogP contribution in [0.25, 0.3) is 11.4 Å². The van der Waals surface area contributed by atoms with Crippen molar-refractivity contribution in [2.24, 2.45) is 5.10 Å². The average molecular weight is 451 g/mol. The Morgan fingerprint density at radius 3 is 2.41 bits per heavy atom. The SMILES string of the molecule is CCCCCc1ccc(C(C)=NNc2cc(C)nc(-c3ccc(Br)cc3)n2)cc1. The van der Waals surface area contributed by atoms with Gasteiger partial charge in [-0.1, -0.05) is 72.1 Å². The molecule has 1 heterocycles. The summed E-state index contributed by atoms with van der Waals surface area (Å²) in [5.41, 5.74) is 8.37. The Hall–Kier alpha value is -2.53. The van der Waals surface area contributed by atoms with Gasteiger partial charge in [0.05, 0.1) is 5.71 Å². The summed E-state index contributed by atoms with van der Waals surface area (Å²) in [4.78, 5) is 9.15. The van der Waals surface area contributed by atoms with Crippen LogP contribution >= 0.6 is 15.9 Å². The highest BCUT2D eigenvalue weighted by Gasteiger charge is 2.05. The highest BCUT2D eigenvalue weighted by molar-refractivity contribution is 9.10. The molecular weight excluding hydrogens is 424 g/mol. The molecule has 0 unspecified atom stereocenters. The highest BCUT2D eigenvalue weighted by Crippen LogP contribution is 2.20. The molecule has 150 valence electrons. The lowest BCUT2D eigenvalue weighted by atomic mass is 10.0. The summed E-state index contributed by atoms with van der Waals surface area (Å²) >= 11 is 3.46. The second kappa shape index (κ2) is 10.3. The molecule has 0 radical (unpaired) electrons. The molecule has 0 aliphatic heterocycles. The molecule has 0 aliphatic rings. The van der Waals surface area contributed by atoms with E-state index in [0.717, 1.165) is 33.4 Å². The smallest absolute Gasteiger partial charge is 0.161 e. The van der Waals surface area contributed by atoms with Crippen LogP contribution in [0.4, 0.5) is 5.82 Å². The summed E-state index contributed by atoms with van der Waals surface area (Å²) in [7, 11) is 0. The van der Waals surface area contributed by atoms with E-state index in [1.54, 1.807) is 0 Å². The second-order valence-corrected chi connectivity index (χ2v) is 8.10. The topological polar surface area (TPSA) is 50.2 Å². The van der Waals surface area contributed by atoms with Gasteiger partial charge in [-0.05, 0) is 49.9 Å². The molecule has 4 nitrogen and oxygen atoms in total. The summed E-state index contributed by atoms with van der Waals surface area (Å²) in [6.07, 6.45) is 4.92. The predicted octanol–water partition coefficient (Wildman–Crippen LogP) is 6.78. The molecule has 3 rings (SSSR count). The van der Waals surface area contributed by atoms with Crippen LogP contribution in [0.1, 0.15) is 49.9 Å². The molecule has 2 aromatic carbocycles. The number of benzene rings is 2. The van der Waals surface area contributed by atoms with E-state index >= 15 is 0 Å². The van der Waals surface area contributed by atoms with Gasteiger partial charge in [-0.15, -0.1) is 0 Å². The van der Waals surface area contributed by atoms with Gasteiger partial charge >= 0.3 is 0 Å². The number of hydrogen-bond donors (Lipinski definition) is 1. The van der Waals surface area contributed by atoms with E-state index < -0.39 is 0 Å². The van der Waals surface area contributed by atoms with E-state index in [0.29, 0.717) is 11.6 Å². The zero-order valence-corrected chi connectivity index (χ0v) is 18.8. The largest absolute Gasteiger partial charge is 0.261 e. The molecule has 0 saturated carbocycles. The van der Waals surface area contributed by atoms with Crippen molar-refractivity contribution in [3.05, 3.63) is 75.9 Å². The summed E-state index contributed by atoms with van der Waals surface area (Å²) in [6.45, 7) is 6.20. The highest BCUT2D eigenvalue weighted by atomic mass is 79.9. The molecule has 0 amide bonds. The molecular formula is C24H27BrN4. The third-order valence-electron chi connectivity index (χ3n) is 4.74. The molecule has 0 saturated heterocycles. The van der Waals surface area contributed by atoms with Crippen molar-refractivity contribution in [1.29, 1.82) is 0 Å². The standard InChI is InChI=1S/C24H27BrN4/c1-4-5-6-7-19-8-10-20(11-9-19)18(3)28-29-23-16-17(2)26-24(27-23)21-12-14-22(25)15-13-21/h8-16H,4-7H2,1-3H3,(H,26,27,29). The zero-order valence-electron chi connectivity index (χ0n) is 17.2. The van der Waals surface area contributed by atoms with Crippen LogP contribution in [0.2, 0.25) is 0 Å². The van der Waals surface area contributed by atoms with Gasteiger partial charge in [-0.25, -0.2) is 9.97 Å². The van der Waals surface area contributed by atoms with E-state index in [1.807, 2.05) is 44.2 Å². The molecule has 0 aliphatic carbocycles. The first-order valence-electron chi connectivity index (χ1n) is 10.1. The maximum atomic E-state index is 4.61. The molecule has 1 N–H and O–H groups in total. The van der Waals surface area contributed by atoms with Crippen molar-refractivity contribution in [1.82, 2.24) is 9.97 Å². The maximum absolute atomic E-state index is 4.61. The van der Waals surface area contributed by atoms with Gasteiger partial charge in [0.2, 0.25) is 0 Å². The van der Waals surface area contributed by atoms with Gasteiger partial charge in [0.15, 0.2) is 11.6 Å². The summed E-state index contributed by atoms with van der Waals surface area (Å²) in [5.74, 6) is 1.37. The van der Waals surface area contributed by atoms with Crippen LogP contribution in [0.3, 0.4) is 0 Å². The Bertz CT molecular complexity index is 963. The van der Waals surface area contributed by atoms with Crippen LogP contribution in [-0.2, 0) is 6.42 Å². The van der Waals surface area contributed by atoms with Crippen molar-refractivity contribution >= 4 is 27.5 Å². The molecule has 0 atom stereocenters. The number of hydrogen-bond acceptors (Lipinski definition) is 4. The van der Waals surface area contributed by atoms with E-state index in [2.05, 4.69) is 67.6 Å². The van der Waals surface area contributed by atoms with Crippen LogP contribution in [-0.4, -0.2) is 15.7 Å². The Balaban J connectivity index is 1.71. The van der Waals surface area contributed by atoms with Crippen LogP contribution < -0.4 is 5.43 Å². The Labute approximate surface area is 181 Å². The minimum absolute atomic E-state index is 0.685. The quantitative estimate of drug-likeness (QED) is 0.233. The molecule has 29 heavy (non-hydrogen) atoms. The number of aromatic nitrogens is 2. The van der Waals surface area contributed by atoms with E-state index in [4.69, 9.17) is 0 Å². The van der Waals surface area contributed by atoms with Gasteiger partial charge in [-0.2, -0.15) is 5.10 Å². The van der Waals surface area contributed by atoms with Crippen LogP contribution in [0.15, 0.2) is 64.2 Å². The first-order valence-corrected chi connectivity index (χ1v) is 10.9. The number of rotatable bonds is 8. The van der Waals surface area contributed by atoms with Gasteiger partial charge in [0.25, 0.3) is 0 Å². The lowest BCUT2D eigenvalue weighted by molar-refractivity contribution is 0.717. The van der Waals surface area contributed by atoms with Gasteiger partial charge in [0, 0.05) is 21.8 Å². The third kappa shape index (κ3) is 6.23. The second-order valence-electron chi connectivity index (χ2n) is 7.19. The number of nitrogens with one attached hydrogen (secondary N) is 1. The Morgan fingerprint density at radius 2 is 1.72 bits per heavy atom. The summed E-state index contributed by atoms with van der Waals surface area (Å²) < 4.78 is 1.03. The van der Waals surface area contributed by atoms with Crippen molar-refractivity contribution in [3.63, 3.8) is 0 Å². The lowest BCUT2D eigenvalue weighted by Gasteiger charge is -2.08. The first kappa shape index (κ1) is 21.2. The fourth-order valence-corrected chi connectivity index (χ4v) is 3.32. The molecule has 5 heteroatoms. The summed E-state index contributed by atoms with van der Waals surface area (Å²) in [6, 6.07) is 18.6. The van der Waals surface area contributed by atoms with Crippen LogP contribution in [0, 0.1) is 6.92 Å². The van der Waals surface area contributed by atoms with E-state index in [-0.39, 0.29) is 0 Å². The van der Waals surface area contributed by atoms with Crippen molar-refractivity contribution in [2.75, 3.05) is 5.43 Å². The van der Waals surface area contributed by atoms with Gasteiger partial charge in [0.1, 0.15) is 0 Å². The third-order valence-corrected chi connectivity index (χ3v) is 5.26. The molecule has 0 bridgehead atoms. The minimum Gasteiger partial charge on any atom is -0.261 e. The average Bonchev–Trinajstić information content (AvgIpc) is 2.73. The number of halogens is 1. The number of hydrazone groups is 1. The molecule has 0 fully saturated rings. The zero-order chi connectivity index (χ0) is 20.6. The van der Waals surface area contributed by atoms with E-state index in [1.165, 1.54) is 24.8 Å². The Morgan fingerprint density at radius 1 is 1.00 bits per heavy atom. The molecule has 3 aromatic rings. The minimum atomic E-state index is 0.685. The maximum Gasteiger partial charge on any atom is 0.161 e. The fourth-order valence-electron chi connectivity index (χ4n) is 3.05. The van der Waals surface area contributed by atoms with Gasteiger partial charge in [-0.3, -0.25) is 5.43 Å². The predicted molar refractivity (Wildman–Crippen MR) is 125 cm³/mol. The number of unbranched alkanes of at least 4 members (excludes halogenated alkanes) is 2. The molecule has 0 spiro atoms. The van der Waals surface area contributed by atoms with Crippen molar-refractivity contribution in [2.45, 2.75) is 46.5 Å². The molecule has 1 aromatic heterocycles. The fraction of sp³-hybridized carbons (Fsp3) is 0.292. The van der Waals surface area contributed by atoms with Crippen molar-refractivity contribution < 1.29 is 0 Å². The number of anilines is 1. The Kier molecular flexibility index (Phi) is 7.53. The first-order chi connectivity index (χ1) is 14.0. The lowest BCUT2D eigenvalue weighted by Crippen LogP contribution is -2.03.